The van der Waals surface area contributed by atoms with Crippen molar-refractivity contribution in [3.8, 4) is 5.75 Å². The minimum absolute atomic E-state index is 0.0155. The van der Waals surface area contributed by atoms with Crippen LogP contribution in [-0.2, 0) is 9.53 Å². The molecule has 1 heterocycles. The molecule has 2 aromatic rings. The summed E-state index contributed by atoms with van der Waals surface area (Å²) in [4.78, 5) is 26.6. The van der Waals surface area contributed by atoms with Gasteiger partial charge >= 0.3 is 5.97 Å². The minimum atomic E-state index is -0.667. The van der Waals surface area contributed by atoms with E-state index >= 15 is 0 Å². The van der Waals surface area contributed by atoms with Gasteiger partial charge in [-0.3, -0.25) is 10.1 Å². The van der Waals surface area contributed by atoms with Crippen LogP contribution < -0.4 is 4.74 Å². The molecule has 0 unspecified atom stereocenters. The van der Waals surface area contributed by atoms with Crippen molar-refractivity contribution >= 4 is 51.2 Å². The molecule has 0 atom stereocenters. The van der Waals surface area contributed by atoms with Crippen LogP contribution >= 0.6 is 27.5 Å². The SMILES string of the molecule is COc1ccc(Br)cc1/C=C1\N=C(c2ccc(Cl)c([N+](=O)[O-])c2)OC1=O. The molecule has 0 spiro atoms. The number of hydrogen-bond acceptors (Lipinski definition) is 6. The number of rotatable bonds is 4. The fourth-order valence-electron chi connectivity index (χ4n) is 2.28. The maximum Gasteiger partial charge on any atom is 0.363 e. The lowest BCUT2D eigenvalue weighted by Gasteiger charge is -2.04. The molecular formula is C17H10BrClN2O5. The number of esters is 1. The summed E-state index contributed by atoms with van der Waals surface area (Å²) in [5.41, 5.74) is 0.656. The van der Waals surface area contributed by atoms with Crippen molar-refractivity contribution in [3.63, 3.8) is 0 Å². The molecule has 9 heteroatoms. The summed E-state index contributed by atoms with van der Waals surface area (Å²) in [5, 5.41) is 11.0. The summed E-state index contributed by atoms with van der Waals surface area (Å²) in [6, 6.07) is 9.35. The summed E-state index contributed by atoms with van der Waals surface area (Å²) in [7, 11) is 1.51. The highest BCUT2D eigenvalue weighted by atomic mass is 79.9. The van der Waals surface area contributed by atoms with Crippen molar-refractivity contribution < 1.29 is 19.2 Å². The predicted molar refractivity (Wildman–Crippen MR) is 99.4 cm³/mol. The zero-order valence-electron chi connectivity index (χ0n) is 13.2. The van der Waals surface area contributed by atoms with Crippen LogP contribution in [-0.4, -0.2) is 23.9 Å². The average molecular weight is 438 g/mol. The number of hydrogen-bond donors (Lipinski definition) is 0. The highest BCUT2D eigenvalue weighted by molar-refractivity contribution is 9.10. The van der Waals surface area contributed by atoms with Crippen molar-refractivity contribution in [2.75, 3.05) is 7.11 Å². The highest BCUT2D eigenvalue weighted by Gasteiger charge is 2.26. The molecule has 1 aliphatic rings. The second kappa shape index (κ2) is 7.27. The molecular weight excluding hydrogens is 428 g/mol. The number of nitrogens with zero attached hydrogens (tertiary/aromatic N) is 2. The largest absolute Gasteiger partial charge is 0.496 e. The van der Waals surface area contributed by atoms with Gasteiger partial charge in [0, 0.05) is 21.7 Å². The van der Waals surface area contributed by atoms with Crippen LogP contribution in [0.1, 0.15) is 11.1 Å². The van der Waals surface area contributed by atoms with Gasteiger partial charge in [0.15, 0.2) is 5.70 Å². The van der Waals surface area contributed by atoms with Gasteiger partial charge in [0.2, 0.25) is 5.90 Å². The first kappa shape index (κ1) is 18.1. The van der Waals surface area contributed by atoms with Crippen molar-refractivity contribution in [1.29, 1.82) is 0 Å². The number of nitro groups is 1. The molecule has 0 saturated heterocycles. The summed E-state index contributed by atoms with van der Waals surface area (Å²) in [6.07, 6.45) is 1.52. The Kier molecular flexibility index (Phi) is 5.06. The molecule has 3 rings (SSSR count). The Morgan fingerprint density at radius 3 is 2.77 bits per heavy atom. The lowest BCUT2D eigenvalue weighted by molar-refractivity contribution is -0.384. The summed E-state index contributed by atoms with van der Waals surface area (Å²) in [6.45, 7) is 0. The smallest absolute Gasteiger partial charge is 0.363 e. The van der Waals surface area contributed by atoms with E-state index in [4.69, 9.17) is 21.1 Å². The van der Waals surface area contributed by atoms with E-state index in [1.807, 2.05) is 0 Å². The number of benzene rings is 2. The first-order chi connectivity index (χ1) is 12.4. The number of methoxy groups -OCH3 is 1. The van der Waals surface area contributed by atoms with Gasteiger partial charge in [-0.25, -0.2) is 9.79 Å². The second-order valence-electron chi connectivity index (χ2n) is 5.15. The fraction of sp³-hybridized carbons (Fsp3) is 0.0588. The number of ether oxygens (including phenoxy) is 2. The number of cyclic esters (lactones) is 1. The fourth-order valence-corrected chi connectivity index (χ4v) is 2.85. The number of carbonyl (C=O) groups excluding carboxylic acids is 1. The topological polar surface area (TPSA) is 91.0 Å². The maximum atomic E-state index is 12.1. The molecule has 0 N–H and O–H groups in total. The normalized spacial score (nSPS) is 15.0. The van der Waals surface area contributed by atoms with Crippen molar-refractivity contribution in [2.24, 2.45) is 4.99 Å². The van der Waals surface area contributed by atoms with Crippen LogP contribution in [0.15, 0.2) is 51.6 Å². The monoisotopic (exact) mass is 436 g/mol. The van der Waals surface area contributed by atoms with Gasteiger partial charge in [0.05, 0.1) is 12.0 Å². The molecule has 132 valence electrons. The van der Waals surface area contributed by atoms with E-state index in [1.165, 1.54) is 31.4 Å². The Hall–Kier alpha value is -2.71. The summed E-state index contributed by atoms with van der Waals surface area (Å²) < 4.78 is 11.2. The van der Waals surface area contributed by atoms with Gasteiger partial charge in [-0.15, -0.1) is 0 Å². The molecule has 2 aromatic carbocycles. The van der Waals surface area contributed by atoms with Gasteiger partial charge in [0.1, 0.15) is 10.8 Å². The molecule has 0 aromatic heterocycles. The van der Waals surface area contributed by atoms with Crippen LogP contribution in [0.2, 0.25) is 5.02 Å². The van der Waals surface area contributed by atoms with Gasteiger partial charge in [0.25, 0.3) is 5.69 Å². The number of aliphatic imine (C=N–C) groups is 1. The molecule has 0 radical (unpaired) electrons. The number of halogens is 2. The lowest BCUT2D eigenvalue weighted by Crippen LogP contribution is -2.06. The third kappa shape index (κ3) is 3.61. The van der Waals surface area contributed by atoms with Crippen LogP contribution in [0.3, 0.4) is 0 Å². The quantitative estimate of drug-likeness (QED) is 0.307. The molecule has 26 heavy (non-hydrogen) atoms. The Bertz CT molecular complexity index is 987. The number of nitro benzene ring substituents is 1. The summed E-state index contributed by atoms with van der Waals surface area (Å²) in [5.74, 6) is -0.145. The van der Waals surface area contributed by atoms with E-state index in [0.29, 0.717) is 11.3 Å². The molecule has 0 aliphatic carbocycles. The Morgan fingerprint density at radius 2 is 2.08 bits per heavy atom. The summed E-state index contributed by atoms with van der Waals surface area (Å²) >= 11 is 9.15. The first-order valence-corrected chi connectivity index (χ1v) is 8.36. The highest BCUT2D eigenvalue weighted by Crippen LogP contribution is 2.29. The van der Waals surface area contributed by atoms with E-state index in [-0.39, 0.29) is 27.9 Å². The van der Waals surface area contributed by atoms with E-state index < -0.39 is 10.9 Å². The van der Waals surface area contributed by atoms with Crippen molar-refractivity contribution in [1.82, 2.24) is 0 Å². The standard InChI is InChI=1S/C17H10BrClN2O5/c1-25-15-5-3-11(18)6-10(15)7-13-17(22)26-16(20-13)9-2-4-12(19)14(8-9)21(23)24/h2-8H,1H3/b13-7-. The molecule has 1 aliphatic heterocycles. The van der Waals surface area contributed by atoms with Crippen molar-refractivity contribution in [2.45, 2.75) is 0 Å². The second-order valence-corrected chi connectivity index (χ2v) is 6.47. The zero-order chi connectivity index (χ0) is 18.8. The molecule has 7 nitrogen and oxygen atoms in total. The van der Waals surface area contributed by atoms with Crippen LogP contribution in [0.25, 0.3) is 6.08 Å². The Balaban J connectivity index is 2.01. The first-order valence-electron chi connectivity index (χ1n) is 7.19. The van der Waals surface area contributed by atoms with Gasteiger partial charge in [-0.05, 0) is 36.4 Å². The van der Waals surface area contributed by atoms with Gasteiger partial charge < -0.3 is 9.47 Å². The third-order valence-corrected chi connectivity index (χ3v) is 4.31. The number of carbonyl (C=O) groups is 1. The van der Waals surface area contributed by atoms with E-state index in [0.717, 1.165) is 4.47 Å². The van der Waals surface area contributed by atoms with Crippen LogP contribution in [0, 0.1) is 10.1 Å². The molecule has 0 amide bonds. The molecule has 0 saturated carbocycles. The Labute approximate surface area is 161 Å². The van der Waals surface area contributed by atoms with Gasteiger partial charge in [-0.1, -0.05) is 27.5 Å². The van der Waals surface area contributed by atoms with Crippen molar-refractivity contribution in [3.05, 3.63) is 72.8 Å². The van der Waals surface area contributed by atoms with E-state index in [9.17, 15) is 14.9 Å². The molecule has 0 fully saturated rings. The lowest BCUT2D eigenvalue weighted by atomic mass is 10.1. The zero-order valence-corrected chi connectivity index (χ0v) is 15.6. The van der Waals surface area contributed by atoms with E-state index in [1.54, 1.807) is 18.2 Å². The van der Waals surface area contributed by atoms with Gasteiger partial charge in [-0.2, -0.15) is 0 Å². The van der Waals surface area contributed by atoms with Crippen LogP contribution in [0.5, 0.6) is 5.75 Å². The average Bonchev–Trinajstić information content (AvgIpc) is 2.96. The maximum absolute atomic E-state index is 12.1. The van der Waals surface area contributed by atoms with E-state index in [2.05, 4.69) is 20.9 Å². The predicted octanol–water partition coefficient (Wildman–Crippen LogP) is 4.36. The van der Waals surface area contributed by atoms with Crippen LogP contribution in [0.4, 0.5) is 5.69 Å². The third-order valence-electron chi connectivity index (χ3n) is 3.49. The minimum Gasteiger partial charge on any atom is -0.496 e. The Morgan fingerprint density at radius 1 is 1.31 bits per heavy atom. The molecule has 0 bridgehead atoms.